The lowest BCUT2D eigenvalue weighted by Gasteiger charge is -2.32. The van der Waals surface area contributed by atoms with Crippen LogP contribution in [0.3, 0.4) is 0 Å². The number of rotatable bonds is 4. The number of phenols is 1. The number of hydrogen-bond acceptors (Lipinski definition) is 2. The quantitative estimate of drug-likeness (QED) is 0.787. The van der Waals surface area contributed by atoms with E-state index < -0.39 is 0 Å². The van der Waals surface area contributed by atoms with Crippen LogP contribution in [0.15, 0.2) is 21.1 Å². The van der Waals surface area contributed by atoms with Crippen LogP contribution in [0.1, 0.15) is 38.2 Å². The largest absolute Gasteiger partial charge is 0.506 e. The zero-order valence-corrected chi connectivity index (χ0v) is 14.5. The second kappa shape index (κ2) is 7.09. The van der Waals surface area contributed by atoms with E-state index in [0.29, 0.717) is 0 Å². The third-order valence-corrected chi connectivity index (χ3v) is 5.10. The van der Waals surface area contributed by atoms with Crippen molar-refractivity contribution in [2.75, 3.05) is 13.1 Å². The topological polar surface area (TPSA) is 23.5 Å². The molecule has 0 unspecified atom stereocenters. The Hall–Kier alpha value is -0.0600. The van der Waals surface area contributed by atoms with Crippen molar-refractivity contribution < 1.29 is 5.11 Å². The second-order valence-electron chi connectivity index (χ2n) is 5.42. The van der Waals surface area contributed by atoms with Crippen LogP contribution >= 0.6 is 31.9 Å². The first-order chi connectivity index (χ1) is 9.10. The molecule has 0 atom stereocenters. The predicted molar refractivity (Wildman–Crippen MR) is 86.4 cm³/mol. The Bertz CT molecular complexity index is 405. The fourth-order valence-electron chi connectivity index (χ4n) is 2.81. The molecule has 4 heteroatoms. The normalized spacial score (nSPS) is 17.8. The Kier molecular flexibility index (Phi) is 5.72. The number of aromatic hydroxyl groups is 1. The van der Waals surface area contributed by atoms with Crippen LogP contribution in [-0.4, -0.2) is 23.1 Å². The summed E-state index contributed by atoms with van der Waals surface area (Å²) in [4.78, 5) is 2.51. The van der Waals surface area contributed by atoms with Crippen molar-refractivity contribution in [2.24, 2.45) is 5.92 Å². The van der Waals surface area contributed by atoms with Crippen molar-refractivity contribution in [1.82, 2.24) is 4.90 Å². The molecule has 1 aromatic carbocycles. The van der Waals surface area contributed by atoms with Crippen molar-refractivity contribution in [3.05, 3.63) is 26.6 Å². The third kappa shape index (κ3) is 4.20. The number of likely N-dealkylation sites (tertiary alicyclic amines) is 1. The SMILES string of the molecule is CCCC1CCN(Cc2cc(Br)c(O)c(Br)c2)CC1. The van der Waals surface area contributed by atoms with Gasteiger partial charge in [0.05, 0.1) is 8.95 Å². The molecular weight excluding hydrogens is 370 g/mol. The summed E-state index contributed by atoms with van der Waals surface area (Å²) in [5.74, 6) is 1.21. The Labute approximate surface area is 132 Å². The number of halogens is 2. The van der Waals surface area contributed by atoms with Crippen LogP contribution in [0.2, 0.25) is 0 Å². The van der Waals surface area contributed by atoms with Gasteiger partial charge in [0.15, 0.2) is 0 Å². The van der Waals surface area contributed by atoms with Crippen molar-refractivity contribution in [1.29, 1.82) is 0 Å². The number of piperidine rings is 1. The van der Waals surface area contributed by atoms with E-state index in [0.717, 1.165) is 21.4 Å². The van der Waals surface area contributed by atoms with Gasteiger partial charge < -0.3 is 5.11 Å². The van der Waals surface area contributed by atoms with Gasteiger partial charge in [-0.1, -0.05) is 19.8 Å². The smallest absolute Gasteiger partial charge is 0.143 e. The highest BCUT2D eigenvalue weighted by atomic mass is 79.9. The highest BCUT2D eigenvalue weighted by Gasteiger charge is 2.19. The number of hydrogen-bond donors (Lipinski definition) is 1. The molecule has 1 saturated heterocycles. The number of nitrogens with zero attached hydrogens (tertiary/aromatic N) is 1. The average molecular weight is 391 g/mol. The van der Waals surface area contributed by atoms with Gasteiger partial charge in [-0.05, 0) is 81.4 Å². The number of phenolic OH excluding ortho intramolecular Hbond substituents is 1. The summed E-state index contributed by atoms with van der Waals surface area (Å²) in [5, 5.41) is 9.72. The molecule has 0 radical (unpaired) electrons. The van der Waals surface area contributed by atoms with Crippen molar-refractivity contribution in [3.63, 3.8) is 0 Å². The lowest BCUT2D eigenvalue weighted by molar-refractivity contribution is 0.172. The standard InChI is InChI=1S/C15H21Br2NO/c1-2-3-11-4-6-18(7-5-11)10-12-8-13(16)15(19)14(17)9-12/h8-9,11,19H,2-7,10H2,1H3. The summed E-state index contributed by atoms with van der Waals surface area (Å²) >= 11 is 6.79. The van der Waals surface area contributed by atoms with E-state index in [4.69, 9.17) is 0 Å². The molecule has 19 heavy (non-hydrogen) atoms. The summed E-state index contributed by atoms with van der Waals surface area (Å²) in [6.45, 7) is 5.63. The molecule has 1 aromatic rings. The van der Waals surface area contributed by atoms with E-state index in [-0.39, 0.29) is 5.75 Å². The van der Waals surface area contributed by atoms with Gasteiger partial charge in [0, 0.05) is 6.54 Å². The molecule has 0 aliphatic carbocycles. The van der Waals surface area contributed by atoms with E-state index in [1.807, 2.05) is 12.1 Å². The van der Waals surface area contributed by atoms with Crippen LogP contribution in [-0.2, 0) is 6.54 Å². The summed E-state index contributed by atoms with van der Waals surface area (Å²) in [7, 11) is 0. The van der Waals surface area contributed by atoms with Gasteiger partial charge in [0.1, 0.15) is 5.75 Å². The van der Waals surface area contributed by atoms with Crippen molar-refractivity contribution in [2.45, 2.75) is 39.2 Å². The summed E-state index contributed by atoms with van der Waals surface area (Å²) in [5.41, 5.74) is 1.24. The molecule has 2 nitrogen and oxygen atoms in total. The maximum Gasteiger partial charge on any atom is 0.143 e. The Morgan fingerprint density at radius 3 is 2.32 bits per heavy atom. The Morgan fingerprint density at radius 1 is 1.21 bits per heavy atom. The molecular formula is C15H21Br2NO. The van der Waals surface area contributed by atoms with Crippen LogP contribution in [0.25, 0.3) is 0 Å². The zero-order chi connectivity index (χ0) is 13.8. The highest BCUT2D eigenvalue weighted by Crippen LogP contribution is 2.34. The highest BCUT2D eigenvalue weighted by molar-refractivity contribution is 9.11. The summed E-state index contributed by atoms with van der Waals surface area (Å²) in [6.07, 6.45) is 5.34. The van der Waals surface area contributed by atoms with Crippen molar-refractivity contribution in [3.8, 4) is 5.75 Å². The maximum absolute atomic E-state index is 9.72. The first-order valence-electron chi connectivity index (χ1n) is 6.99. The van der Waals surface area contributed by atoms with Crippen LogP contribution < -0.4 is 0 Å². The van der Waals surface area contributed by atoms with Gasteiger partial charge in [-0.2, -0.15) is 0 Å². The molecule has 1 N–H and O–H groups in total. The van der Waals surface area contributed by atoms with Gasteiger partial charge in [-0.3, -0.25) is 4.90 Å². The van der Waals surface area contributed by atoms with Gasteiger partial charge in [-0.15, -0.1) is 0 Å². The van der Waals surface area contributed by atoms with Gasteiger partial charge in [0.25, 0.3) is 0 Å². The Balaban J connectivity index is 1.92. The van der Waals surface area contributed by atoms with Crippen LogP contribution in [0.5, 0.6) is 5.75 Å². The minimum Gasteiger partial charge on any atom is -0.506 e. The first kappa shape index (κ1) is 15.3. The number of benzene rings is 1. The lowest BCUT2D eigenvalue weighted by Crippen LogP contribution is -2.33. The molecule has 2 rings (SSSR count). The van der Waals surface area contributed by atoms with E-state index >= 15 is 0 Å². The fraction of sp³-hybridized carbons (Fsp3) is 0.600. The third-order valence-electron chi connectivity index (χ3n) is 3.89. The second-order valence-corrected chi connectivity index (χ2v) is 7.12. The summed E-state index contributed by atoms with van der Waals surface area (Å²) in [6, 6.07) is 4.02. The van der Waals surface area contributed by atoms with E-state index in [1.54, 1.807) is 0 Å². The maximum atomic E-state index is 9.72. The molecule has 1 heterocycles. The fourth-order valence-corrected chi connectivity index (χ4v) is 4.09. The van der Waals surface area contributed by atoms with Crippen LogP contribution in [0, 0.1) is 5.92 Å². The molecule has 0 amide bonds. The minimum atomic E-state index is 0.283. The van der Waals surface area contributed by atoms with E-state index in [9.17, 15) is 5.11 Å². The molecule has 106 valence electrons. The molecule has 0 aromatic heterocycles. The predicted octanol–water partition coefficient (Wildman–Crippen LogP) is 4.93. The Morgan fingerprint density at radius 2 is 1.79 bits per heavy atom. The molecule has 1 aliphatic rings. The van der Waals surface area contributed by atoms with E-state index in [2.05, 4.69) is 43.7 Å². The van der Waals surface area contributed by atoms with Gasteiger partial charge in [0.2, 0.25) is 0 Å². The molecule has 1 aliphatic heterocycles. The monoisotopic (exact) mass is 389 g/mol. The van der Waals surface area contributed by atoms with Crippen LogP contribution in [0.4, 0.5) is 0 Å². The zero-order valence-electron chi connectivity index (χ0n) is 11.3. The molecule has 0 bridgehead atoms. The minimum absolute atomic E-state index is 0.283. The average Bonchev–Trinajstić information content (AvgIpc) is 2.38. The summed E-state index contributed by atoms with van der Waals surface area (Å²) < 4.78 is 1.52. The lowest BCUT2D eigenvalue weighted by atomic mass is 9.92. The molecule has 0 saturated carbocycles. The van der Waals surface area contributed by atoms with Gasteiger partial charge >= 0.3 is 0 Å². The van der Waals surface area contributed by atoms with Gasteiger partial charge in [-0.25, -0.2) is 0 Å². The molecule has 0 spiro atoms. The molecule has 1 fully saturated rings. The van der Waals surface area contributed by atoms with Crippen molar-refractivity contribution >= 4 is 31.9 Å². The first-order valence-corrected chi connectivity index (χ1v) is 8.58. The van der Waals surface area contributed by atoms with E-state index in [1.165, 1.54) is 44.3 Å².